The summed E-state index contributed by atoms with van der Waals surface area (Å²) < 4.78 is 26.1. The molecule has 1 aromatic heterocycles. The number of rotatable bonds is 5. The topological polar surface area (TPSA) is 69.0 Å². The maximum atomic E-state index is 12.5. The number of fused-ring (bicyclic) bond motifs is 1. The van der Waals surface area contributed by atoms with E-state index in [1.807, 2.05) is 0 Å². The van der Waals surface area contributed by atoms with Crippen LogP contribution in [0.25, 0.3) is 10.9 Å². The molecule has 0 N–H and O–H groups in total. The number of aldehydes is 1. The molecular formula is C14H20N2O3SSi. The Morgan fingerprint density at radius 2 is 1.95 bits per heavy atom. The largest absolute Gasteiger partial charge is 0.298 e. The fourth-order valence-electron chi connectivity index (χ4n) is 2.17. The quantitative estimate of drug-likeness (QED) is 0.626. The molecule has 0 aliphatic rings. The first-order chi connectivity index (χ1) is 9.64. The van der Waals surface area contributed by atoms with Gasteiger partial charge in [-0.05, 0) is 30.7 Å². The van der Waals surface area contributed by atoms with Crippen molar-refractivity contribution in [2.45, 2.75) is 32.6 Å². The smallest absolute Gasteiger partial charge is 0.254 e. The summed E-state index contributed by atoms with van der Waals surface area (Å²) in [6.07, 6.45) is 2.25. The van der Waals surface area contributed by atoms with E-state index in [1.165, 1.54) is 6.20 Å². The number of carbonyl (C=O) groups is 1. The monoisotopic (exact) mass is 324 g/mol. The van der Waals surface area contributed by atoms with Crippen LogP contribution < -0.4 is 0 Å². The van der Waals surface area contributed by atoms with Crippen molar-refractivity contribution in [3.63, 3.8) is 0 Å². The highest BCUT2D eigenvalue weighted by Crippen LogP contribution is 2.22. The van der Waals surface area contributed by atoms with Crippen molar-refractivity contribution in [1.82, 2.24) is 9.19 Å². The van der Waals surface area contributed by atoms with E-state index in [0.29, 0.717) is 22.5 Å². The molecule has 0 amide bonds. The lowest BCUT2D eigenvalue weighted by molar-refractivity contribution is 0.112. The summed E-state index contributed by atoms with van der Waals surface area (Å²) >= 11 is 0. The maximum Gasteiger partial charge on any atom is 0.254 e. The average molecular weight is 324 g/mol. The summed E-state index contributed by atoms with van der Waals surface area (Å²) in [5.74, 6) is 0.106. The van der Waals surface area contributed by atoms with Gasteiger partial charge in [0.05, 0.1) is 17.5 Å². The lowest BCUT2D eigenvalue weighted by atomic mass is 10.1. The molecule has 0 saturated heterocycles. The molecule has 0 aliphatic carbocycles. The molecule has 0 aliphatic heterocycles. The van der Waals surface area contributed by atoms with Crippen molar-refractivity contribution in [1.29, 1.82) is 0 Å². The van der Waals surface area contributed by atoms with Gasteiger partial charge in [-0.3, -0.25) is 4.79 Å². The summed E-state index contributed by atoms with van der Waals surface area (Å²) in [5.41, 5.74) is 1.83. The number of nitrogens with zero attached hydrogens (tertiary/aromatic N) is 2. The first-order valence-corrected chi connectivity index (χ1v) is 12.1. The second-order valence-electron chi connectivity index (χ2n) is 6.51. The molecule has 5 nitrogen and oxygen atoms in total. The van der Waals surface area contributed by atoms with Crippen molar-refractivity contribution >= 4 is 35.3 Å². The van der Waals surface area contributed by atoms with Gasteiger partial charge in [0.1, 0.15) is 6.29 Å². The van der Waals surface area contributed by atoms with Crippen molar-refractivity contribution in [3.05, 3.63) is 29.5 Å². The third-order valence-electron chi connectivity index (χ3n) is 3.35. The summed E-state index contributed by atoms with van der Waals surface area (Å²) in [6, 6.07) is 4.04. The summed E-state index contributed by atoms with van der Waals surface area (Å²) in [6.45, 7) is 8.23. The van der Waals surface area contributed by atoms with Gasteiger partial charge in [-0.15, -0.1) is 0 Å². The molecule has 0 bridgehead atoms. The molecule has 2 rings (SSSR count). The minimum absolute atomic E-state index is 0.106. The van der Waals surface area contributed by atoms with Crippen molar-refractivity contribution in [2.75, 3.05) is 5.75 Å². The standard InChI is InChI=1S/C14H20N2O3SSi/c1-11-7-12(10-17)8-13-9-15-16(14(11)13)20(18,19)5-6-21(2,3)4/h7-10H,5-6H2,1-4H3. The van der Waals surface area contributed by atoms with Gasteiger partial charge in [0.2, 0.25) is 0 Å². The van der Waals surface area contributed by atoms with Gasteiger partial charge in [0.25, 0.3) is 10.0 Å². The van der Waals surface area contributed by atoms with Crippen LogP contribution in [0.3, 0.4) is 0 Å². The van der Waals surface area contributed by atoms with E-state index < -0.39 is 18.1 Å². The minimum atomic E-state index is -3.47. The van der Waals surface area contributed by atoms with Crippen LogP contribution in [0.5, 0.6) is 0 Å². The number of hydrogen-bond acceptors (Lipinski definition) is 4. The van der Waals surface area contributed by atoms with Crippen LogP contribution in [-0.4, -0.2) is 37.7 Å². The zero-order chi connectivity index (χ0) is 15.8. The van der Waals surface area contributed by atoms with E-state index in [0.717, 1.165) is 15.9 Å². The van der Waals surface area contributed by atoms with E-state index in [4.69, 9.17) is 0 Å². The van der Waals surface area contributed by atoms with Crippen molar-refractivity contribution in [3.8, 4) is 0 Å². The van der Waals surface area contributed by atoms with E-state index in [2.05, 4.69) is 24.7 Å². The molecule has 2 aromatic rings. The highest BCUT2D eigenvalue weighted by atomic mass is 32.2. The van der Waals surface area contributed by atoms with Crippen LogP contribution in [0.15, 0.2) is 18.3 Å². The van der Waals surface area contributed by atoms with Crippen LogP contribution in [0.1, 0.15) is 15.9 Å². The zero-order valence-electron chi connectivity index (χ0n) is 12.8. The molecule has 0 radical (unpaired) electrons. The van der Waals surface area contributed by atoms with Gasteiger partial charge in [-0.1, -0.05) is 19.6 Å². The Labute approximate surface area is 126 Å². The van der Waals surface area contributed by atoms with Gasteiger partial charge >= 0.3 is 0 Å². The average Bonchev–Trinajstić information content (AvgIpc) is 2.80. The number of hydrogen-bond donors (Lipinski definition) is 0. The molecule has 0 saturated carbocycles. The Morgan fingerprint density at radius 1 is 1.29 bits per heavy atom. The van der Waals surface area contributed by atoms with Gasteiger partial charge in [0.15, 0.2) is 0 Å². The lowest BCUT2D eigenvalue weighted by Gasteiger charge is -2.15. The molecule has 114 valence electrons. The van der Waals surface area contributed by atoms with Gasteiger partial charge < -0.3 is 0 Å². The van der Waals surface area contributed by atoms with Crippen LogP contribution in [-0.2, 0) is 10.0 Å². The van der Waals surface area contributed by atoms with E-state index in [9.17, 15) is 13.2 Å². The zero-order valence-corrected chi connectivity index (χ0v) is 14.6. The third-order valence-corrected chi connectivity index (χ3v) is 6.99. The van der Waals surface area contributed by atoms with Gasteiger partial charge in [-0.2, -0.15) is 9.19 Å². The predicted octanol–water partition coefficient (Wildman–Crippen LogP) is 2.67. The van der Waals surface area contributed by atoms with E-state index >= 15 is 0 Å². The van der Waals surface area contributed by atoms with Crippen LogP contribution in [0, 0.1) is 6.92 Å². The van der Waals surface area contributed by atoms with Crippen molar-refractivity contribution in [2.24, 2.45) is 0 Å². The number of aromatic nitrogens is 2. The molecular weight excluding hydrogens is 304 g/mol. The summed E-state index contributed by atoms with van der Waals surface area (Å²) in [7, 11) is -4.91. The number of carbonyl (C=O) groups excluding carboxylic acids is 1. The van der Waals surface area contributed by atoms with Gasteiger partial charge in [0, 0.05) is 19.0 Å². The highest BCUT2D eigenvalue weighted by Gasteiger charge is 2.23. The molecule has 0 atom stereocenters. The summed E-state index contributed by atoms with van der Waals surface area (Å²) in [4.78, 5) is 10.9. The fourth-order valence-corrected chi connectivity index (χ4v) is 6.54. The maximum absolute atomic E-state index is 12.5. The fraction of sp³-hybridized carbons (Fsp3) is 0.429. The molecule has 0 fully saturated rings. The van der Waals surface area contributed by atoms with Crippen LogP contribution in [0.4, 0.5) is 0 Å². The van der Waals surface area contributed by atoms with Crippen LogP contribution >= 0.6 is 0 Å². The number of aryl methyl sites for hydroxylation is 1. The summed E-state index contributed by atoms with van der Waals surface area (Å²) in [5, 5.41) is 4.71. The molecule has 0 spiro atoms. The molecule has 7 heteroatoms. The molecule has 21 heavy (non-hydrogen) atoms. The Balaban J connectivity index is 2.50. The van der Waals surface area contributed by atoms with Gasteiger partial charge in [-0.25, -0.2) is 8.42 Å². The molecule has 1 aromatic carbocycles. The second kappa shape index (κ2) is 5.38. The Kier molecular flexibility index (Phi) is 4.07. The first-order valence-electron chi connectivity index (χ1n) is 6.81. The molecule has 1 heterocycles. The highest BCUT2D eigenvalue weighted by molar-refractivity contribution is 7.90. The third kappa shape index (κ3) is 3.41. The van der Waals surface area contributed by atoms with E-state index in [1.54, 1.807) is 19.1 Å². The Morgan fingerprint density at radius 3 is 2.52 bits per heavy atom. The normalized spacial score (nSPS) is 12.8. The van der Waals surface area contributed by atoms with Crippen molar-refractivity contribution < 1.29 is 13.2 Å². The molecule has 0 unspecified atom stereocenters. The lowest BCUT2D eigenvalue weighted by Crippen LogP contribution is -2.27. The Bertz CT molecular complexity index is 788. The Hall–Kier alpha value is -1.47. The minimum Gasteiger partial charge on any atom is -0.298 e. The SMILES string of the molecule is Cc1cc(C=O)cc2cnn(S(=O)(=O)CC[Si](C)(C)C)c12. The first kappa shape index (κ1) is 15.9. The number of benzene rings is 1. The predicted molar refractivity (Wildman–Crippen MR) is 87.2 cm³/mol. The van der Waals surface area contributed by atoms with E-state index in [-0.39, 0.29) is 5.75 Å². The second-order valence-corrected chi connectivity index (χ2v) is 14.0. The van der Waals surface area contributed by atoms with Crippen LogP contribution in [0.2, 0.25) is 25.7 Å².